The smallest absolute Gasteiger partial charge is 0.315 e. The van der Waals surface area contributed by atoms with Crippen LogP contribution >= 0.6 is 0 Å². The van der Waals surface area contributed by atoms with Crippen LogP contribution in [0, 0.1) is 6.92 Å². The maximum Gasteiger partial charge on any atom is 0.315 e. The maximum atomic E-state index is 12.3. The molecule has 110 valence electrons. The van der Waals surface area contributed by atoms with E-state index in [1.165, 1.54) is 11.1 Å². The number of aryl methyl sites for hydroxylation is 1. The minimum Gasteiger partial charge on any atom is -0.335 e. The first kappa shape index (κ1) is 14.8. The molecule has 2 rings (SSSR count). The molecule has 5 heteroatoms. The molecule has 0 radical (unpaired) electrons. The van der Waals surface area contributed by atoms with Gasteiger partial charge in [0.05, 0.1) is 6.04 Å². The quantitative estimate of drug-likeness (QED) is 0.856. The van der Waals surface area contributed by atoms with Gasteiger partial charge in [0.1, 0.15) is 13.3 Å². The molecule has 3 nitrogen and oxygen atoms in total. The number of hydrogen-bond donors (Lipinski definition) is 2. The molecule has 0 atom stereocenters. The monoisotopic (exact) mass is 282 g/mol. The van der Waals surface area contributed by atoms with E-state index in [2.05, 4.69) is 29.7 Å². The van der Waals surface area contributed by atoms with Crippen LogP contribution in [-0.4, -0.2) is 31.5 Å². The number of nitrogens with one attached hydrogen (secondary N) is 2. The van der Waals surface area contributed by atoms with Gasteiger partial charge in [-0.25, -0.2) is 13.6 Å². The average molecular weight is 282 g/mol. The van der Waals surface area contributed by atoms with Crippen molar-refractivity contribution in [2.75, 3.05) is 13.3 Å². The molecule has 0 heterocycles. The highest BCUT2D eigenvalue weighted by Crippen LogP contribution is 2.38. The van der Waals surface area contributed by atoms with Crippen LogP contribution in [0.1, 0.15) is 29.9 Å². The fraction of sp³-hybridized carbons (Fsp3) is 0.533. The van der Waals surface area contributed by atoms with E-state index in [4.69, 9.17) is 0 Å². The number of rotatable bonds is 5. The summed E-state index contributed by atoms with van der Waals surface area (Å²) in [6.07, 6.45) is 1.74. The Bertz CT molecular complexity index is 457. The van der Waals surface area contributed by atoms with E-state index in [-0.39, 0.29) is 6.04 Å². The lowest BCUT2D eigenvalue weighted by atomic mass is 9.74. The molecular weight excluding hydrogens is 262 g/mol. The second-order valence-electron chi connectivity index (χ2n) is 5.35. The normalized spacial score (nSPS) is 21.4. The van der Waals surface area contributed by atoms with Gasteiger partial charge in [-0.2, -0.15) is 0 Å². The topological polar surface area (TPSA) is 41.1 Å². The van der Waals surface area contributed by atoms with Crippen LogP contribution in [0.25, 0.3) is 0 Å². The van der Waals surface area contributed by atoms with Crippen LogP contribution in [0.15, 0.2) is 24.3 Å². The van der Waals surface area contributed by atoms with Crippen LogP contribution in [0.2, 0.25) is 0 Å². The molecule has 2 amide bonds. The molecule has 0 spiro atoms. The summed E-state index contributed by atoms with van der Waals surface area (Å²) in [5, 5.41) is 5.03. The van der Waals surface area contributed by atoms with Gasteiger partial charge in [-0.3, -0.25) is 0 Å². The fourth-order valence-corrected chi connectivity index (χ4v) is 2.57. The van der Waals surface area contributed by atoms with Crippen LogP contribution in [0.3, 0.4) is 0 Å². The Balaban J connectivity index is 1.77. The minimum atomic E-state index is -1.04. The van der Waals surface area contributed by atoms with Crippen LogP contribution < -0.4 is 10.6 Å². The Hall–Kier alpha value is -1.65. The van der Waals surface area contributed by atoms with E-state index in [0.717, 1.165) is 12.8 Å². The molecule has 0 aromatic heterocycles. The molecule has 0 unspecified atom stereocenters. The van der Waals surface area contributed by atoms with Gasteiger partial charge in [-0.15, -0.1) is 0 Å². The standard InChI is InChI=1S/C15H20F2N2O/c1-10-4-2-3-5-14(10)11-6-12(7-11)18-15(20)19-13(8-16)9-17/h2-5,11-13H,6-9H2,1H3,(H2,18,19,20). The summed E-state index contributed by atoms with van der Waals surface area (Å²) in [6.45, 7) is 0.302. The third-order valence-corrected chi connectivity index (χ3v) is 3.81. The van der Waals surface area contributed by atoms with Gasteiger partial charge in [-0.05, 0) is 36.8 Å². The molecule has 0 bridgehead atoms. The molecule has 20 heavy (non-hydrogen) atoms. The van der Waals surface area contributed by atoms with Crippen molar-refractivity contribution in [3.05, 3.63) is 35.4 Å². The molecule has 0 aliphatic heterocycles. The number of urea groups is 1. The zero-order valence-corrected chi connectivity index (χ0v) is 11.5. The first-order valence-corrected chi connectivity index (χ1v) is 6.88. The van der Waals surface area contributed by atoms with Gasteiger partial charge >= 0.3 is 6.03 Å². The lowest BCUT2D eigenvalue weighted by Crippen LogP contribution is -2.51. The fourth-order valence-electron chi connectivity index (χ4n) is 2.57. The van der Waals surface area contributed by atoms with Gasteiger partial charge in [-0.1, -0.05) is 24.3 Å². The third-order valence-electron chi connectivity index (χ3n) is 3.81. The average Bonchev–Trinajstić information content (AvgIpc) is 2.41. The third kappa shape index (κ3) is 3.46. The molecule has 2 N–H and O–H groups in total. The predicted octanol–water partition coefficient (Wildman–Crippen LogP) is 2.85. The summed E-state index contributed by atoms with van der Waals surface area (Å²) in [6, 6.07) is 6.77. The van der Waals surface area contributed by atoms with Crippen molar-refractivity contribution in [2.45, 2.75) is 37.8 Å². The largest absolute Gasteiger partial charge is 0.335 e. The van der Waals surface area contributed by atoms with Gasteiger partial charge in [0.25, 0.3) is 0 Å². The van der Waals surface area contributed by atoms with Crippen molar-refractivity contribution in [2.24, 2.45) is 0 Å². The van der Waals surface area contributed by atoms with Crippen molar-refractivity contribution in [3.63, 3.8) is 0 Å². The summed E-state index contributed by atoms with van der Waals surface area (Å²) in [4.78, 5) is 11.5. The number of carbonyl (C=O) groups excluding carboxylic acids is 1. The Morgan fingerprint density at radius 1 is 1.30 bits per heavy atom. The highest BCUT2D eigenvalue weighted by molar-refractivity contribution is 5.74. The number of benzene rings is 1. The lowest BCUT2D eigenvalue weighted by Gasteiger charge is -2.37. The molecule has 0 saturated heterocycles. The summed E-state index contributed by atoms with van der Waals surface area (Å²) < 4.78 is 24.6. The van der Waals surface area contributed by atoms with E-state index in [0.29, 0.717) is 5.92 Å². The molecule has 1 aliphatic rings. The summed E-state index contributed by atoms with van der Waals surface area (Å²) in [7, 11) is 0. The number of alkyl halides is 2. The van der Waals surface area contributed by atoms with E-state index in [1.807, 2.05) is 12.1 Å². The summed E-state index contributed by atoms with van der Waals surface area (Å²) in [5.41, 5.74) is 2.58. The van der Waals surface area contributed by atoms with Crippen LogP contribution in [0.4, 0.5) is 13.6 Å². The number of amides is 2. The first-order valence-electron chi connectivity index (χ1n) is 6.88. The minimum absolute atomic E-state index is 0.0829. The van der Waals surface area contributed by atoms with Crippen LogP contribution in [0.5, 0.6) is 0 Å². The van der Waals surface area contributed by atoms with Crippen molar-refractivity contribution in [1.82, 2.24) is 10.6 Å². The number of hydrogen-bond acceptors (Lipinski definition) is 1. The molecule has 1 aromatic carbocycles. The Morgan fingerprint density at radius 2 is 1.95 bits per heavy atom. The van der Waals surface area contributed by atoms with Gasteiger partial charge in [0, 0.05) is 6.04 Å². The van der Waals surface area contributed by atoms with Crippen molar-refractivity contribution in [3.8, 4) is 0 Å². The Morgan fingerprint density at radius 3 is 2.55 bits per heavy atom. The molecule has 1 aliphatic carbocycles. The van der Waals surface area contributed by atoms with E-state index < -0.39 is 25.4 Å². The SMILES string of the molecule is Cc1ccccc1C1CC(NC(=O)NC(CF)CF)C1. The number of halogens is 2. The summed E-state index contributed by atoms with van der Waals surface area (Å²) >= 11 is 0. The van der Waals surface area contributed by atoms with E-state index in [1.54, 1.807) is 0 Å². The predicted molar refractivity (Wildman–Crippen MR) is 74.3 cm³/mol. The van der Waals surface area contributed by atoms with E-state index >= 15 is 0 Å². The lowest BCUT2D eigenvalue weighted by molar-refractivity contribution is 0.211. The van der Waals surface area contributed by atoms with Gasteiger partial charge in [0.15, 0.2) is 0 Å². The summed E-state index contributed by atoms with van der Waals surface area (Å²) in [5.74, 6) is 0.458. The van der Waals surface area contributed by atoms with E-state index in [9.17, 15) is 13.6 Å². The molecule has 1 saturated carbocycles. The highest BCUT2D eigenvalue weighted by atomic mass is 19.1. The van der Waals surface area contributed by atoms with Crippen molar-refractivity contribution < 1.29 is 13.6 Å². The van der Waals surface area contributed by atoms with Gasteiger partial charge < -0.3 is 10.6 Å². The van der Waals surface area contributed by atoms with Crippen molar-refractivity contribution >= 4 is 6.03 Å². The number of carbonyl (C=O) groups is 1. The molecular formula is C15H20F2N2O. The highest BCUT2D eigenvalue weighted by Gasteiger charge is 2.32. The second-order valence-corrected chi connectivity index (χ2v) is 5.35. The second kappa shape index (κ2) is 6.68. The Kier molecular flexibility index (Phi) is 4.93. The van der Waals surface area contributed by atoms with Crippen molar-refractivity contribution in [1.29, 1.82) is 0 Å². The van der Waals surface area contributed by atoms with Gasteiger partial charge in [0.2, 0.25) is 0 Å². The molecule has 1 fully saturated rings. The Labute approximate surface area is 117 Å². The maximum absolute atomic E-state index is 12.3. The molecule has 1 aromatic rings. The zero-order valence-electron chi connectivity index (χ0n) is 11.5. The van der Waals surface area contributed by atoms with Crippen LogP contribution in [-0.2, 0) is 0 Å². The first-order chi connectivity index (χ1) is 9.63. The zero-order chi connectivity index (χ0) is 14.5.